The van der Waals surface area contributed by atoms with Crippen LogP contribution in [0.5, 0.6) is 0 Å². The van der Waals surface area contributed by atoms with Crippen molar-refractivity contribution >= 4 is 0 Å². The lowest BCUT2D eigenvalue weighted by atomic mass is 9.69. The number of hydrogen-bond donors (Lipinski definition) is 1. The first-order chi connectivity index (χ1) is 15.9. The Balaban J connectivity index is 1.41. The van der Waals surface area contributed by atoms with Gasteiger partial charge in [-0.1, -0.05) is 37.6 Å². The van der Waals surface area contributed by atoms with E-state index in [1.54, 1.807) is 18.2 Å². The molecule has 2 aliphatic rings. The third-order valence-electron chi connectivity index (χ3n) is 7.43. The zero-order chi connectivity index (χ0) is 23.4. The number of β-amino-alcohol motifs (C(OH)–C–C–N with tert-alkyl or cyclic N) is 1. The van der Waals surface area contributed by atoms with E-state index >= 15 is 0 Å². The van der Waals surface area contributed by atoms with Gasteiger partial charge in [0, 0.05) is 45.7 Å². The van der Waals surface area contributed by atoms with Gasteiger partial charge in [0.05, 0.1) is 12.2 Å². The van der Waals surface area contributed by atoms with Gasteiger partial charge in [-0.15, -0.1) is 10.2 Å². The molecular formula is C26H37FN4O2. The van der Waals surface area contributed by atoms with Crippen LogP contribution in [0.25, 0.3) is 11.5 Å². The lowest BCUT2D eigenvalue weighted by Crippen LogP contribution is -2.49. The summed E-state index contributed by atoms with van der Waals surface area (Å²) in [7, 11) is 0. The molecule has 2 heterocycles. The first-order valence-corrected chi connectivity index (χ1v) is 12.3. The summed E-state index contributed by atoms with van der Waals surface area (Å²) in [4.78, 5) is 4.92. The third-order valence-corrected chi connectivity index (χ3v) is 7.43. The second-order valence-corrected chi connectivity index (χ2v) is 9.97. The number of nitrogens with zero attached hydrogens (tertiary/aromatic N) is 4. The standard InChI is InChI=1S/C26H37FN4O2/c1-18(2)23-15-20(16-25-28-29-26(33-25)22-6-4-5-7-24(22)27)19(3)14-21(23)17-31-10-8-30(9-11-31)12-13-32/h4-7,14,18,20-21,23,32H,8-13,15-17H2,1-3H3/t20-,21-,23-/m0/s1. The van der Waals surface area contributed by atoms with E-state index in [9.17, 15) is 9.50 Å². The molecule has 0 unspecified atom stereocenters. The molecule has 1 aliphatic heterocycles. The third kappa shape index (κ3) is 5.89. The van der Waals surface area contributed by atoms with E-state index in [0.717, 1.165) is 45.7 Å². The number of halogens is 1. The second kappa shape index (κ2) is 10.9. The van der Waals surface area contributed by atoms with Crippen LogP contribution >= 0.6 is 0 Å². The molecule has 0 saturated carbocycles. The molecular weight excluding hydrogens is 419 g/mol. The van der Waals surface area contributed by atoms with Gasteiger partial charge in [0.25, 0.3) is 5.89 Å². The molecule has 2 aromatic rings. The lowest BCUT2D eigenvalue weighted by Gasteiger charge is -2.41. The number of aliphatic hydroxyl groups is 1. The van der Waals surface area contributed by atoms with E-state index in [1.807, 2.05) is 0 Å². The molecule has 0 spiro atoms. The highest BCUT2D eigenvalue weighted by atomic mass is 19.1. The summed E-state index contributed by atoms with van der Waals surface area (Å²) in [5.41, 5.74) is 1.74. The summed E-state index contributed by atoms with van der Waals surface area (Å²) in [5, 5.41) is 17.5. The van der Waals surface area contributed by atoms with Crippen LogP contribution in [-0.4, -0.2) is 71.0 Å². The molecule has 1 aromatic heterocycles. The van der Waals surface area contributed by atoms with Crippen LogP contribution in [0.4, 0.5) is 4.39 Å². The van der Waals surface area contributed by atoms with Crippen molar-refractivity contribution in [2.45, 2.75) is 33.6 Å². The summed E-state index contributed by atoms with van der Waals surface area (Å²) in [6.45, 7) is 13.2. The van der Waals surface area contributed by atoms with Crippen molar-refractivity contribution < 1.29 is 13.9 Å². The number of aliphatic hydroxyl groups excluding tert-OH is 1. The van der Waals surface area contributed by atoms with Crippen molar-refractivity contribution in [1.29, 1.82) is 0 Å². The van der Waals surface area contributed by atoms with Gasteiger partial charge in [-0.2, -0.15) is 0 Å². The highest BCUT2D eigenvalue weighted by Crippen LogP contribution is 2.39. The van der Waals surface area contributed by atoms with E-state index in [-0.39, 0.29) is 18.3 Å². The molecule has 7 heteroatoms. The van der Waals surface area contributed by atoms with Crippen LogP contribution in [0, 0.1) is 29.5 Å². The van der Waals surface area contributed by atoms with Crippen molar-refractivity contribution in [3.05, 3.63) is 47.6 Å². The van der Waals surface area contributed by atoms with Crippen molar-refractivity contribution in [3.8, 4) is 11.5 Å². The number of allylic oxidation sites excluding steroid dienone is 1. The monoisotopic (exact) mass is 456 g/mol. The zero-order valence-electron chi connectivity index (χ0n) is 20.1. The fourth-order valence-corrected chi connectivity index (χ4v) is 5.41. The van der Waals surface area contributed by atoms with Gasteiger partial charge in [0.15, 0.2) is 0 Å². The van der Waals surface area contributed by atoms with E-state index in [2.05, 4.69) is 46.8 Å². The van der Waals surface area contributed by atoms with Gasteiger partial charge in [-0.25, -0.2) is 4.39 Å². The quantitative estimate of drug-likeness (QED) is 0.608. The molecule has 1 aromatic carbocycles. The fraction of sp³-hybridized carbons (Fsp3) is 0.615. The zero-order valence-corrected chi connectivity index (χ0v) is 20.1. The SMILES string of the molecule is CC1=C[C@@H](CN2CCN(CCO)CC2)[C@H](C(C)C)C[C@H]1Cc1nnc(-c2ccccc2F)o1. The molecule has 1 N–H and O–H groups in total. The highest BCUT2D eigenvalue weighted by molar-refractivity contribution is 5.53. The first-order valence-electron chi connectivity index (χ1n) is 12.3. The Morgan fingerprint density at radius 3 is 2.55 bits per heavy atom. The number of piperazine rings is 1. The topological polar surface area (TPSA) is 65.6 Å². The Kier molecular flexibility index (Phi) is 7.94. The normalized spacial score (nSPS) is 24.9. The second-order valence-electron chi connectivity index (χ2n) is 9.97. The molecule has 6 nitrogen and oxygen atoms in total. The van der Waals surface area contributed by atoms with Crippen LogP contribution in [0.15, 0.2) is 40.3 Å². The van der Waals surface area contributed by atoms with Crippen molar-refractivity contribution in [3.63, 3.8) is 0 Å². The van der Waals surface area contributed by atoms with Gasteiger partial charge in [0.2, 0.25) is 5.89 Å². The van der Waals surface area contributed by atoms with Gasteiger partial charge in [-0.05, 0) is 49.1 Å². The Hall–Kier alpha value is -2.09. The predicted molar refractivity (Wildman–Crippen MR) is 127 cm³/mol. The average molecular weight is 457 g/mol. The van der Waals surface area contributed by atoms with E-state index in [4.69, 9.17) is 4.42 Å². The smallest absolute Gasteiger partial charge is 0.250 e. The molecule has 33 heavy (non-hydrogen) atoms. The van der Waals surface area contributed by atoms with Crippen LogP contribution in [-0.2, 0) is 6.42 Å². The summed E-state index contributed by atoms with van der Waals surface area (Å²) >= 11 is 0. The highest BCUT2D eigenvalue weighted by Gasteiger charge is 2.34. The van der Waals surface area contributed by atoms with Crippen LogP contribution in [0.3, 0.4) is 0 Å². The van der Waals surface area contributed by atoms with Crippen molar-refractivity contribution in [2.75, 3.05) is 45.9 Å². The maximum absolute atomic E-state index is 14.1. The Morgan fingerprint density at radius 2 is 1.85 bits per heavy atom. The molecule has 1 aliphatic carbocycles. The Morgan fingerprint density at radius 1 is 1.12 bits per heavy atom. The summed E-state index contributed by atoms with van der Waals surface area (Å²) in [6, 6.07) is 6.51. The maximum atomic E-state index is 14.1. The molecule has 180 valence electrons. The Labute approximate surface area is 196 Å². The molecule has 4 rings (SSSR count). The van der Waals surface area contributed by atoms with Gasteiger partial charge in [-0.3, -0.25) is 4.90 Å². The molecule has 0 bridgehead atoms. The number of hydrogen-bond acceptors (Lipinski definition) is 6. The molecule has 0 amide bonds. The van der Waals surface area contributed by atoms with Crippen LogP contribution < -0.4 is 0 Å². The van der Waals surface area contributed by atoms with Crippen LogP contribution in [0.1, 0.15) is 33.1 Å². The van der Waals surface area contributed by atoms with Gasteiger partial charge < -0.3 is 14.4 Å². The van der Waals surface area contributed by atoms with Gasteiger partial charge >= 0.3 is 0 Å². The first kappa shape index (κ1) is 24.0. The molecule has 3 atom stereocenters. The minimum atomic E-state index is -0.346. The molecule has 0 radical (unpaired) electrons. The summed E-state index contributed by atoms with van der Waals surface area (Å²) < 4.78 is 19.9. The predicted octanol–water partition coefficient (Wildman–Crippen LogP) is 3.88. The van der Waals surface area contributed by atoms with Crippen molar-refractivity contribution in [2.24, 2.45) is 23.7 Å². The van der Waals surface area contributed by atoms with Gasteiger partial charge in [0.1, 0.15) is 5.82 Å². The van der Waals surface area contributed by atoms with E-state index < -0.39 is 0 Å². The Bertz CT molecular complexity index is 936. The number of rotatable bonds is 8. The average Bonchev–Trinajstić information content (AvgIpc) is 3.25. The maximum Gasteiger partial charge on any atom is 0.250 e. The molecule has 1 saturated heterocycles. The number of benzene rings is 1. The summed E-state index contributed by atoms with van der Waals surface area (Å²) in [5.74, 6) is 2.58. The van der Waals surface area contributed by atoms with Crippen molar-refractivity contribution in [1.82, 2.24) is 20.0 Å². The van der Waals surface area contributed by atoms with E-state index in [0.29, 0.717) is 41.5 Å². The largest absolute Gasteiger partial charge is 0.421 e. The fourth-order valence-electron chi connectivity index (χ4n) is 5.41. The minimum absolute atomic E-state index is 0.239. The van der Waals surface area contributed by atoms with E-state index in [1.165, 1.54) is 11.6 Å². The summed E-state index contributed by atoms with van der Waals surface area (Å²) in [6.07, 6.45) is 4.28. The lowest BCUT2D eigenvalue weighted by molar-refractivity contribution is 0.0887. The molecule has 1 fully saturated rings. The minimum Gasteiger partial charge on any atom is -0.421 e. The van der Waals surface area contributed by atoms with Crippen LogP contribution in [0.2, 0.25) is 0 Å². The number of aromatic nitrogens is 2.